The first-order chi connectivity index (χ1) is 20.6. The maximum Gasteiger partial charge on any atom is 0.120 e. The molecule has 2 aliphatic heterocycles. The van der Waals surface area contributed by atoms with Crippen molar-refractivity contribution in [2.45, 2.75) is 44.7 Å². The Morgan fingerprint density at radius 2 is 1.71 bits per heavy atom. The minimum absolute atomic E-state index is 0.514. The molecule has 0 saturated carbocycles. The van der Waals surface area contributed by atoms with E-state index in [1.165, 1.54) is 80.5 Å². The van der Waals surface area contributed by atoms with Gasteiger partial charge in [-0.15, -0.1) is 11.3 Å². The summed E-state index contributed by atoms with van der Waals surface area (Å²) in [7, 11) is 3.54. The van der Waals surface area contributed by atoms with E-state index >= 15 is 0 Å². The SMILES string of the molecule is COC[C@@H]1CCCN1Cc1ccc(Cc2c(-c3ccc(OCCN4CCCC4)cc3)sc3cc(OC)ccc23)cc1Br. The zero-order valence-corrected chi connectivity index (χ0v) is 27.1. The van der Waals surface area contributed by atoms with E-state index in [-0.39, 0.29) is 0 Å². The lowest BCUT2D eigenvalue weighted by Crippen LogP contribution is -2.32. The number of thiophene rings is 1. The van der Waals surface area contributed by atoms with E-state index < -0.39 is 0 Å². The summed E-state index contributed by atoms with van der Waals surface area (Å²) in [5, 5.41) is 1.29. The van der Waals surface area contributed by atoms with Crippen molar-refractivity contribution >= 4 is 37.4 Å². The molecular formula is C35H41BrN2O3S. The average Bonchev–Trinajstić information content (AvgIpc) is 3.76. The fraction of sp³-hybridized carbons (Fsp3) is 0.429. The third-order valence-corrected chi connectivity index (χ3v) is 10.7. The molecule has 222 valence electrons. The summed E-state index contributed by atoms with van der Waals surface area (Å²) in [5.74, 6) is 1.83. The Balaban J connectivity index is 1.22. The molecule has 0 N–H and O–H groups in total. The van der Waals surface area contributed by atoms with Gasteiger partial charge in [-0.2, -0.15) is 0 Å². The van der Waals surface area contributed by atoms with Gasteiger partial charge in [-0.05, 0) is 128 Å². The molecule has 0 unspecified atom stereocenters. The third kappa shape index (κ3) is 6.87. The van der Waals surface area contributed by atoms with E-state index in [4.69, 9.17) is 14.2 Å². The number of hydrogen-bond donors (Lipinski definition) is 0. The van der Waals surface area contributed by atoms with Crippen LogP contribution in [0.1, 0.15) is 42.4 Å². The molecule has 2 aliphatic rings. The van der Waals surface area contributed by atoms with Gasteiger partial charge in [0.2, 0.25) is 0 Å². The molecule has 42 heavy (non-hydrogen) atoms. The predicted molar refractivity (Wildman–Crippen MR) is 177 cm³/mol. The van der Waals surface area contributed by atoms with E-state index in [2.05, 4.69) is 86.4 Å². The van der Waals surface area contributed by atoms with Gasteiger partial charge < -0.3 is 14.2 Å². The minimum atomic E-state index is 0.514. The Morgan fingerprint density at radius 3 is 2.48 bits per heavy atom. The van der Waals surface area contributed by atoms with Crippen LogP contribution in [0.4, 0.5) is 0 Å². The van der Waals surface area contributed by atoms with Gasteiger partial charge in [0, 0.05) is 40.3 Å². The standard InChI is InChI=1S/C35H41BrN2O3S/c1-39-24-28-6-5-17-38(28)23-27-8-7-25(21-33(27)36)20-32-31-14-13-30(40-2)22-34(31)42-35(32)26-9-11-29(12-10-26)41-19-18-37-15-3-4-16-37/h7-14,21-22,28H,3-6,15-20,23-24H2,1-2H3/t28-/m0/s1. The van der Waals surface area contributed by atoms with Crippen molar-refractivity contribution in [3.63, 3.8) is 0 Å². The van der Waals surface area contributed by atoms with Crippen LogP contribution in [-0.2, 0) is 17.7 Å². The quantitative estimate of drug-likeness (QED) is 0.155. The van der Waals surface area contributed by atoms with Gasteiger partial charge in [0.05, 0.1) is 13.7 Å². The van der Waals surface area contributed by atoms with E-state index in [1.807, 2.05) is 11.3 Å². The Bertz CT molecular complexity index is 1480. The zero-order valence-electron chi connectivity index (χ0n) is 24.7. The number of rotatable bonds is 12. The van der Waals surface area contributed by atoms with Crippen LogP contribution in [0.3, 0.4) is 0 Å². The van der Waals surface area contributed by atoms with Crippen molar-refractivity contribution < 1.29 is 14.2 Å². The highest BCUT2D eigenvalue weighted by molar-refractivity contribution is 9.10. The lowest BCUT2D eigenvalue weighted by molar-refractivity contribution is 0.112. The number of fused-ring (bicyclic) bond motifs is 1. The highest BCUT2D eigenvalue weighted by Gasteiger charge is 2.25. The molecule has 4 aromatic rings. The van der Waals surface area contributed by atoms with Crippen molar-refractivity contribution in [3.8, 4) is 21.9 Å². The first-order valence-corrected chi connectivity index (χ1v) is 16.8. The normalized spacial score (nSPS) is 17.8. The van der Waals surface area contributed by atoms with Crippen LogP contribution >= 0.6 is 27.3 Å². The topological polar surface area (TPSA) is 34.2 Å². The van der Waals surface area contributed by atoms with Gasteiger partial charge in [-0.1, -0.05) is 28.1 Å². The Labute approximate surface area is 262 Å². The number of ether oxygens (including phenoxy) is 3. The van der Waals surface area contributed by atoms with Crippen molar-refractivity contribution in [3.05, 3.63) is 81.8 Å². The van der Waals surface area contributed by atoms with E-state index in [1.54, 1.807) is 14.2 Å². The Hall–Kier alpha value is -2.42. The van der Waals surface area contributed by atoms with E-state index in [0.29, 0.717) is 6.04 Å². The summed E-state index contributed by atoms with van der Waals surface area (Å²) in [6.45, 7) is 7.04. The molecule has 3 heterocycles. The van der Waals surface area contributed by atoms with Crippen LogP contribution in [0, 0.1) is 0 Å². The maximum absolute atomic E-state index is 6.10. The van der Waals surface area contributed by atoms with Crippen LogP contribution in [0.5, 0.6) is 11.5 Å². The lowest BCUT2D eigenvalue weighted by atomic mass is 9.98. The van der Waals surface area contributed by atoms with Gasteiger partial charge in [-0.3, -0.25) is 9.80 Å². The molecule has 6 rings (SSSR count). The minimum Gasteiger partial charge on any atom is -0.497 e. The molecule has 0 bridgehead atoms. The van der Waals surface area contributed by atoms with Crippen molar-refractivity contribution in [2.75, 3.05) is 53.6 Å². The molecule has 0 spiro atoms. The summed E-state index contributed by atoms with van der Waals surface area (Å²) in [5.41, 5.74) is 5.23. The zero-order chi connectivity index (χ0) is 28.9. The smallest absolute Gasteiger partial charge is 0.120 e. The summed E-state index contributed by atoms with van der Waals surface area (Å²) < 4.78 is 19.6. The van der Waals surface area contributed by atoms with Crippen LogP contribution in [-0.4, -0.2) is 69.5 Å². The number of benzene rings is 3. The van der Waals surface area contributed by atoms with Gasteiger partial charge in [0.25, 0.3) is 0 Å². The summed E-state index contributed by atoms with van der Waals surface area (Å²) >= 11 is 5.75. The molecular weight excluding hydrogens is 608 g/mol. The monoisotopic (exact) mass is 648 g/mol. The average molecular weight is 650 g/mol. The number of hydrogen-bond acceptors (Lipinski definition) is 6. The Morgan fingerprint density at radius 1 is 0.905 bits per heavy atom. The maximum atomic E-state index is 6.10. The third-order valence-electron chi connectivity index (χ3n) is 8.72. The fourth-order valence-electron chi connectivity index (χ4n) is 6.40. The molecule has 2 fully saturated rings. The second-order valence-corrected chi connectivity index (χ2v) is 13.4. The molecule has 0 amide bonds. The number of nitrogens with zero attached hydrogens (tertiary/aromatic N) is 2. The first-order valence-electron chi connectivity index (χ1n) is 15.2. The predicted octanol–water partition coefficient (Wildman–Crippen LogP) is 8.02. The van der Waals surface area contributed by atoms with E-state index in [0.717, 1.165) is 50.8 Å². The first kappa shape index (κ1) is 29.6. The van der Waals surface area contributed by atoms with Crippen LogP contribution in [0.25, 0.3) is 20.5 Å². The number of halogens is 1. The molecule has 0 aliphatic carbocycles. The Kier molecular flexibility index (Phi) is 9.82. The molecule has 7 heteroatoms. The molecule has 5 nitrogen and oxygen atoms in total. The number of methoxy groups -OCH3 is 2. The van der Waals surface area contributed by atoms with Crippen molar-refractivity contribution in [1.29, 1.82) is 0 Å². The van der Waals surface area contributed by atoms with Crippen molar-refractivity contribution in [2.24, 2.45) is 0 Å². The summed E-state index contributed by atoms with van der Waals surface area (Å²) in [6, 6.07) is 22.5. The second kappa shape index (κ2) is 13.9. The summed E-state index contributed by atoms with van der Waals surface area (Å²) in [6.07, 6.45) is 5.95. The number of likely N-dealkylation sites (tertiary alicyclic amines) is 2. The molecule has 1 atom stereocenters. The lowest BCUT2D eigenvalue weighted by Gasteiger charge is -2.24. The molecule has 1 aromatic heterocycles. The van der Waals surface area contributed by atoms with Gasteiger partial charge in [-0.25, -0.2) is 0 Å². The largest absolute Gasteiger partial charge is 0.497 e. The van der Waals surface area contributed by atoms with Crippen LogP contribution in [0.2, 0.25) is 0 Å². The summed E-state index contributed by atoms with van der Waals surface area (Å²) in [4.78, 5) is 6.35. The highest BCUT2D eigenvalue weighted by atomic mass is 79.9. The van der Waals surface area contributed by atoms with E-state index in [9.17, 15) is 0 Å². The molecule has 0 radical (unpaired) electrons. The van der Waals surface area contributed by atoms with Gasteiger partial charge in [0.15, 0.2) is 0 Å². The molecule has 3 aromatic carbocycles. The highest BCUT2D eigenvalue weighted by Crippen LogP contribution is 2.42. The van der Waals surface area contributed by atoms with Gasteiger partial charge in [0.1, 0.15) is 18.1 Å². The van der Waals surface area contributed by atoms with Crippen LogP contribution in [0.15, 0.2) is 65.1 Å². The van der Waals surface area contributed by atoms with Crippen LogP contribution < -0.4 is 9.47 Å². The molecule has 2 saturated heterocycles. The second-order valence-electron chi connectivity index (χ2n) is 11.5. The van der Waals surface area contributed by atoms with Gasteiger partial charge >= 0.3 is 0 Å². The fourth-order valence-corrected chi connectivity index (χ4v) is 8.21. The van der Waals surface area contributed by atoms with Crippen molar-refractivity contribution in [1.82, 2.24) is 9.80 Å².